The number of hydrogen-bond donors (Lipinski definition) is 2. The van der Waals surface area contributed by atoms with E-state index in [2.05, 4.69) is 15.2 Å². The first-order valence-corrected chi connectivity index (χ1v) is 12.2. The molecule has 0 unspecified atom stereocenters. The van der Waals surface area contributed by atoms with Gasteiger partial charge in [-0.3, -0.25) is 9.52 Å². The maximum absolute atomic E-state index is 12.7. The van der Waals surface area contributed by atoms with Crippen LogP contribution in [0.2, 0.25) is 5.02 Å². The lowest BCUT2D eigenvalue weighted by molar-refractivity contribution is -0.117. The third kappa shape index (κ3) is 5.00. The van der Waals surface area contributed by atoms with Crippen molar-refractivity contribution < 1.29 is 17.7 Å². The highest BCUT2D eigenvalue weighted by Gasteiger charge is 2.30. The van der Waals surface area contributed by atoms with Crippen molar-refractivity contribution in [3.8, 4) is 0 Å². The summed E-state index contributed by atoms with van der Waals surface area (Å²) in [7, 11) is -3.78. The van der Waals surface area contributed by atoms with E-state index in [1.807, 2.05) is 6.92 Å². The van der Waals surface area contributed by atoms with Gasteiger partial charge in [0.1, 0.15) is 15.6 Å². The molecule has 0 atom stereocenters. The molecule has 1 aliphatic carbocycles. The quantitative estimate of drug-likeness (QED) is 0.479. The molecule has 10 heteroatoms. The molecule has 2 heterocycles. The van der Waals surface area contributed by atoms with Gasteiger partial charge in [0.25, 0.3) is 10.0 Å². The summed E-state index contributed by atoms with van der Waals surface area (Å²) >= 11 is 7.24. The van der Waals surface area contributed by atoms with Crippen LogP contribution in [0.5, 0.6) is 0 Å². The standard InChI is InChI=1S/C21H20ClN3O4S2/c1-12-3-8-17(16(22)11-12)25-31(27,28)19-10-7-15(30-19)6-9-18-20(13(2)24-29-18)23-21(26)14-4-5-14/h3,6-11,14,25H,4-5H2,1-2H3,(H,23,26)/b9-6+. The van der Waals surface area contributed by atoms with Crippen molar-refractivity contribution in [2.24, 2.45) is 5.92 Å². The van der Waals surface area contributed by atoms with Gasteiger partial charge in [0.05, 0.1) is 10.7 Å². The molecule has 1 amide bonds. The first-order valence-electron chi connectivity index (χ1n) is 9.57. The highest BCUT2D eigenvalue weighted by molar-refractivity contribution is 7.94. The second-order valence-corrected chi connectivity index (χ2v) is 10.8. The molecule has 7 nitrogen and oxygen atoms in total. The van der Waals surface area contributed by atoms with Crippen LogP contribution in [0.4, 0.5) is 11.4 Å². The highest BCUT2D eigenvalue weighted by atomic mass is 35.5. The molecule has 31 heavy (non-hydrogen) atoms. The Morgan fingerprint density at radius 2 is 2.00 bits per heavy atom. The number of sulfonamides is 1. The fraction of sp³-hybridized carbons (Fsp3) is 0.238. The zero-order chi connectivity index (χ0) is 22.2. The molecule has 0 saturated heterocycles. The van der Waals surface area contributed by atoms with Gasteiger partial charge in [0.15, 0.2) is 5.76 Å². The van der Waals surface area contributed by atoms with Crippen molar-refractivity contribution in [1.82, 2.24) is 5.16 Å². The summed E-state index contributed by atoms with van der Waals surface area (Å²) in [6.07, 6.45) is 5.18. The van der Waals surface area contributed by atoms with Crippen LogP contribution in [-0.2, 0) is 14.8 Å². The number of benzene rings is 1. The van der Waals surface area contributed by atoms with Gasteiger partial charge in [-0.25, -0.2) is 8.42 Å². The molecule has 2 aromatic heterocycles. The number of nitrogens with one attached hydrogen (secondary N) is 2. The lowest BCUT2D eigenvalue weighted by Gasteiger charge is -2.08. The molecule has 0 aliphatic heterocycles. The zero-order valence-electron chi connectivity index (χ0n) is 16.8. The van der Waals surface area contributed by atoms with Crippen molar-refractivity contribution in [3.05, 3.63) is 57.2 Å². The number of anilines is 2. The minimum absolute atomic E-state index is 0.0358. The van der Waals surface area contributed by atoms with E-state index in [-0.39, 0.29) is 16.0 Å². The summed E-state index contributed by atoms with van der Waals surface area (Å²) in [4.78, 5) is 12.8. The summed E-state index contributed by atoms with van der Waals surface area (Å²) in [6.45, 7) is 3.63. The number of rotatable bonds is 7. The molecular weight excluding hydrogens is 458 g/mol. The van der Waals surface area contributed by atoms with Crippen LogP contribution >= 0.6 is 22.9 Å². The Kier molecular flexibility index (Phi) is 5.92. The van der Waals surface area contributed by atoms with E-state index in [4.69, 9.17) is 16.1 Å². The highest BCUT2D eigenvalue weighted by Crippen LogP contribution is 2.33. The van der Waals surface area contributed by atoms with Crippen molar-refractivity contribution in [3.63, 3.8) is 0 Å². The largest absolute Gasteiger partial charge is 0.354 e. The van der Waals surface area contributed by atoms with Crippen LogP contribution in [-0.4, -0.2) is 19.5 Å². The normalized spacial score (nSPS) is 14.2. The van der Waals surface area contributed by atoms with Crippen molar-refractivity contribution >= 4 is 62.4 Å². The summed E-state index contributed by atoms with van der Waals surface area (Å²) in [5.74, 6) is 0.436. The summed E-state index contributed by atoms with van der Waals surface area (Å²) in [5.41, 5.74) is 2.38. The van der Waals surface area contributed by atoms with Crippen LogP contribution < -0.4 is 10.0 Å². The second kappa shape index (κ2) is 8.49. The van der Waals surface area contributed by atoms with Crippen LogP contribution in [0.25, 0.3) is 12.2 Å². The Bertz CT molecular complexity index is 1270. The molecule has 0 spiro atoms. The van der Waals surface area contributed by atoms with E-state index in [1.165, 1.54) is 6.07 Å². The maximum Gasteiger partial charge on any atom is 0.271 e. The Hall–Kier alpha value is -2.62. The van der Waals surface area contributed by atoms with E-state index >= 15 is 0 Å². The van der Waals surface area contributed by atoms with Crippen LogP contribution in [0, 0.1) is 19.8 Å². The number of thiophene rings is 1. The fourth-order valence-electron chi connectivity index (χ4n) is 2.85. The number of hydrogen-bond acceptors (Lipinski definition) is 6. The summed E-state index contributed by atoms with van der Waals surface area (Å²) in [5, 5.41) is 7.11. The van der Waals surface area contributed by atoms with Gasteiger partial charge in [0.2, 0.25) is 5.91 Å². The molecule has 0 bridgehead atoms. The lowest BCUT2D eigenvalue weighted by Crippen LogP contribution is -2.14. The molecule has 1 aromatic carbocycles. The molecule has 1 aliphatic rings. The zero-order valence-corrected chi connectivity index (χ0v) is 19.2. The smallest absolute Gasteiger partial charge is 0.271 e. The molecule has 3 aromatic rings. The molecule has 0 radical (unpaired) electrons. The minimum Gasteiger partial charge on any atom is -0.354 e. The van der Waals surface area contributed by atoms with Gasteiger partial charge < -0.3 is 9.84 Å². The molecule has 2 N–H and O–H groups in total. The number of amides is 1. The molecule has 162 valence electrons. The fourth-order valence-corrected chi connectivity index (χ4v) is 5.49. The second-order valence-electron chi connectivity index (χ2n) is 7.35. The Balaban J connectivity index is 1.50. The molecule has 4 rings (SSSR count). The SMILES string of the molecule is Cc1ccc(NS(=O)(=O)c2ccc(/C=C/c3onc(C)c3NC(=O)C3CC3)s2)c(Cl)c1. The van der Waals surface area contributed by atoms with Crippen LogP contribution in [0.3, 0.4) is 0 Å². The monoisotopic (exact) mass is 477 g/mol. The Morgan fingerprint density at radius 1 is 1.23 bits per heavy atom. The summed E-state index contributed by atoms with van der Waals surface area (Å²) < 4.78 is 33.4. The van der Waals surface area contributed by atoms with Gasteiger partial charge in [-0.15, -0.1) is 11.3 Å². The van der Waals surface area contributed by atoms with Crippen molar-refractivity contribution in [1.29, 1.82) is 0 Å². The predicted octanol–water partition coefficient (Wildman–Crippen LogP) is 5.33. The van der Waals surface area contributed by atoms with E-state index < -0.39 is 10.0 Å². The number of aromatic nitrogens is 1. The lowest BCUT2D eigenvalue weighted by atomic mass is 10.2. The number of carbonyl (C=O) groups excluding carboxylic acids is 1. The molecule has 1 fully saturated rings. The van der Waals surface area contributed by atoms with Crippen LogP contribution in [0.15, 0.2) is 39.1 Å². The van der Waals surface area contributed by atoms with E-state index in [1.54, 1.807) is 43.3 Å². The van der Waals surface area contributed by atoms with E-state index in [9.17, 15) is 13.2 Å². The average molecular weight is 478 g/mol. The maximum atomic E-state index is 12.7. The predicted molar refractivity (Wildman–Crippen MR) is 123 cm³/mol. The topological polar surface area (TPSA) is 101 Å². The average Bonchev–Trinajstić information content (AvgIpc) is 3.36. The number of halogens is 1. The molecular formula is C21H20ClN3O4S2. The number of aryl methyl sites for hydroxylation is 2. The van der Waals surface area contributed by atoms with Gasteiger partial charge >= 0.3 is 0 Å². The first-order chi connectivity index (χ1) is 14.7. The number of carbonyl (C=O) groups is 1. The van der Waals surface area contributed by atoms with Gasteiger partial charge in [-0.2, -0.15) is 0 Å². The minimum atomic E-state index is -3.78. The van der Waals surface area contributed by atoms with E-state index in [0.717, 1.165) is 29.7 Å². The van der Waals surface area contributed by atoms with Gasteiger partial charge in [-0.05, 0) is 68.7 Å². The molecule has 1 saturated carbocycles. The van der Waals surface area contributed by atoms with Crippen LogP contribution in [0.1, 0.15) is 34.7 Å². The Morgan fingerprint density at radius 3 is 2.71 bits per heavy atom. The van der Waals surface area contributed by atoms with Gasteiger partial charge in [-0.1, -0.05) is 22.8 Å². The van der Waals surface area contributed by atoms with E-state index in [0.29, 0.717) is 32.7 Å². The van der Waals surface area contributed by atoms with Gasteiger partial charge in [0, 0.05) is 10.8 Å². The third-order valence-corrected chi connectivity index (χ3v) is 7.94. The van der Waals surface area contributed by atoms with Crippen molar-refractivity contribution in [2.45, 2.75) is 30.9 Å². The third-order valence-electron chi connectivity index (χ3n) is 4.72. The van der Waals surface area contributed by atoms with Crippen molar-refractivity contribution in [2.75, 3.05) is 10.0 Å². The first kappa shape index (κ1) is 21.6. The summed E-state index contributed by atoms with van der Waals surface area (Å²) in [6, 6.07) is 8.33. The Labute approximate surface area is 189 Å². The number of nitrogens with zero attached hydrogens (tertiary/aromatic N) is 1.